The molecule has 0 fully saturated rings. The summed E-state index contributed by atoms with van der Waals surface area (Å²) in [6.45, 7) is 4.31. The standard InChI is InChI=1S/C16H20N2O/c1-11(2)12-5-7-13(8-6-12)15(19)10-14-4-3-9-18-16(14)17/h3-9,11,15,19H,10H2,1-2H3,(H2,17,18). The maximum Gasteiger partial charge on any atom is 0.126 e. The molecule has 2 rings (SSSR count). The van der Waals surface area contributed by atoms with Gasteiger partial charge in [-0.1, -0.05) is 44.2 Å². The van der Waals surface area contributed by atoms with Crippen molar-refractivity contribution in [3.8, 4) is 0 Å². The van der Waals surface area contributed by atoms with E-state index in [9.17, 15) is 5.11 Å². The summed E-state index contributed by atoms with van der Waals surface area (Å²) in [5, 5.41) is 10.2. The van der Waals surface area contributed by atoms with Crippen LogP contribution in [0.4, 0.5) is 5.82 Å². The van der Waals surface area contributed by atoms with E-state index in [0.29, 0.717) is 18.2 Å². The van der Waals surface area contributed by atoms with Gasteiger partial charge in [-0.2, -0.15) is 0 Å². The zero-order valence-electron chi connectivity index (χ0n) is 11.4. The number of hydrogen-bond donors (Lipinski definition) is 2. The third kappa shape index (κ3) is 3.32. The summed E-state index contributed by atoms with van der Waals surface area (Å²) in [5.41, 5.74) is 8.85. The van der Waals surface area contributed by atoms with Crippen LogP contribution in [0, 0.1) is 0 Å². The Labute approximate surface area is 114 Å². The molecule has 0 amide bonds. The second-order valence-electron chi connectivity index (χ2n) is 5.09. The summed E-state index contributed by atoms with van der Waals surface area (Å²) in [4.78, 5) is 4.03. The quantitative estimate of drug-likeness (QED) is 0.883. The van der Waals surface area contributed by atoms with Gasteiger partial charge < -0.3 is 10.8 Å². The van der Waals surface area contributed by atoms with Crippen LogP contribution >= 0.6 is 0 Å². The Bertz CT molecular complexity index is 535. The van der Waals surface area contributed by atoms with Crippen LogP contribution in [-0.4, -0.2) is 10.1 Å². The minimum atomic E-state index is -0.548. The molecule has 0 saturated heterocycles. The van der Waals surface area contributed by atoms with E-state index < -0.39 is 6.10 Å². The van der Waals surface area contributed by atoms with Crippen LogP contribution in [0.3, 0.4) is 0 Å². The Morgan fingerprint density at radius 1 is 1.11 bits per heavy atom. The Morgan fingerprint density at radius 3 is 2.32 bits per heavy atom. The highest BCUT2D eigenvalue weighted by atomic mass is 16.3. The molecule has 19 heavy (non-hydrogen) atoms. The third-order valence-corrected chi connectivity index (χ3v) is 3.33. The minimum absolute atomic E-state index is 0.486. The van der Waals surface area contributed by atoms with Gasteiger partial charge in [-0.3, -0.25) is 0 Å². The zero-order valence-corrected chi connectivity index (χ0v) is 11.4. The lowest BCUT2D eigenvalue weighted by Crippen LogP contribution is -2.05. The van der Waals surface area contributed by atoms with Crippen LogP contribution in [0.2, 0.25) is 0 Å². The number of rotatable bonds is 4. The van der Waals surface area contributed by atoms with Gasteiger partial charge in [0.15, 0.2) is 0 Å². The average molecular weight is 256 g/mol. The van der Waals surface area contributed by atoms with Gasteiger partial charge in [-0.15, -0.1) is 0 Å². The second kappa shape index (κ2) is 5.85. The fourth-order valence-electron chi connectivity index (χ4n) is 2.05. The van der Waals surface area contributed by atoms with E-state index in [0.717, 1.165) is 11.1 Å². The molecule has 100 valence electrons. The molecule has 1 aromatic heterocycles. The molecule has 0 aliphatic rings. The van der Waals surface area contributed by atoms with Gasteiger partial charge in [-0.25, -0.2) is 4.98 Å². The summed E-state index contributed by atoms with van der Waals surface area (Å²) < 4.78 is 0. The highest BCUT2D eigenvalue weighted by Gasteiger charge is 2.11. The second-order valence-corrected chi connectivity index (χ2v) is 5.09. The first-order valence-corrected chi connectivity index (χ1v) is 6.55. The molecule has 0 bridgehead atoms. The molecule has 0 aliphatic carbocycles. The Morgan fingerprint density at radius 2 is 1.74 bits per heavy atom. The molecule has 3 N–H and O–H groups in total. The number of pyridine rings is 1. The summed E-state index contributed by atoms with van der Waals surface area (Å²) in [6, 6.07) is 11.8. The number of nitrogens with two attached hydrogens (primary N) is 1. The van der Waals surface area contributed by atoms with Crippen LogP contribution in [0.5, 0.6) is 0 Å². The van der Waals surface area contributed by atoms with Crippen molar-refractivity contribution >= 4 is 5.82 Å². The monoisotopic (exact) mass is 256 g/mol. The molecule has 1 heterocycles. The highest BCUT2D eigenvalue weighted by molar-refractivity contribution is 5.39. The SMILES string of the molecule is CC(C)c1ccc(C(O)Cc2cccnc2N)cc1. The van der Waals surface area contributed by atoms with Gasteiger partial charge in [-0.05, 0) is 28.7 Å². The Kier molecular flexibility index (Phi) is 4.17. The molecular weight excluding hydrogens is 236 g/mol. The van der Waals surface area contributed by atoms with E-state index in [-0.39, 0.29) is 0 Å². The van der Waals surface area contributed by atoms with Gasteiger partial charge in [0.2, 0.25) is 0 Å². The van der Waals surface area contributed by atoms with Gasteiger partial charge in [0.25, 0.3) is 0 Å². The van der Waals surface area contributed by atoms with Crippen LogP contribution in [-0.2, 0) is 6.42 Å². The molecule has 3 nitrogen and oxygen atoms in total. The van der Waals surface area contributed by atoms with E-state index in [2.05, 4.69) is 31.0 Å². The van der Waals surface area contributed by atoms with Crippen LogP contribution in [0.15, 0.2) is 42.6 Å². The Hall–Kier alpha value is -1.87. The topological polar surface area (TPSA) is 59.1 Å². The third-order valence-electron chi connectivity index (χ3n) is 3.33. The van der Waals surface area contributed by atoms with Crippen LogP contribution in [0.25, 0.3) is 0 Å². The molecule has 1 unspecified atom stereocenters. The zero-order chi connectivity index (χ0) is 13.8. The lowest BCUT2D eigenvalue weighted by atomic mass is 9.97. The molecule has 1 atom stereocenters. The van der Waals surface area contributed by atoms with Crippen molar-refractivity contribution in [3.05, 3.63) is 59.3 Å². The summed E-state index contributed by atoms with van der Waals surface area (Å²) in [5.74, 6) is 0.987. The maximum absolute atomic E-state index is 10.2. The number of nitrogen functional groups attached to an aromatic ring is 1. The van der Waals surface area contributed by atoms with Gasteiger partial charge in [0.05, 0.1) is 6.10 Å². The van der Waals surface area contributed by atoms with Crippen molar-refractivity contribution in [2.45, 2.75) is 32.3 Å². The van der Waals surface area contributed by atoms with Crippen molar-refractivity contribution < 1.29 is 5.11 Å². The van der Waals surface area contributed by atoms with Crippen molar-refractivity contribution in [2.24, 2.45) is 0 Å². The van der Waals surface area contributed by atoms with E-state index in [1.165, 1.54) is 5.56 Å². The number of aliphatic hydroxyl groups excluding tert-OH is 1. The predicted molar refractivity (Wildman–Crippen MR) is 77.8 cm³/mol. The van der Waals surface area contributed by atoms with E-state index in [1.807, 2.05) is 24.3 Å². The summed E-state index contributed by atoms with van der Waals surface area (Å²) >= 11 is 0. The average Bonchev–Trinajstić information content (AvgIpc) is 2.41. The van der Waals surface area contributed by atoms with Gasteiger partial charge >= 0.3 is 0 Å². The maximum atomic E-state index is 10.2. The normalized spacial score (nSPS) is 12.6. The van der Waals surface area contributed by atoms with Crippen molar-refractivity contribution in [1.29, 1.82) is 0 Å². The number of benzene rings is 1. The van der Waals surface area contributed by atoms with Crippen LogP contribution < -0.4 is 5.73 Å². The molecule has 3 heteroatoms. The summed E-state index contributed by atoms with van der Waals surface area (Å²) in [7, 11) is 0. The first-order valence-electron chi connectivity index (χ1n) is 6.55. The highest BCUT2D eigenvalue weighted by Crippen LogP contribution is 2.22. The lowest BCUT2D eigenvalue weighted by molar-refractivity contribution is 0.178. The molecule has 1 aromatic carbocycles. The number of aliphatic hydroxyl groups is 1. The Balaban J connectivity index is 2.12. The van der Waals surface area contributed by atoms with Crippen molar-refractivity contribution in [3.63, 3.8) is 0 Å². The smallest absolute Gasteiger partial charge is 0.126 e. The number of anilines is 1. The van der Waals surface area contributed by atoms with Crippen LogP contribution in [0.1, 0.15) is 42.6 Å². The molecule has 0 spiro atoms. The first kappa shape index (κ1) is 13.6. The minimum Gasteiger partial charge on any atom is -0.388 e. The largest absolute Gasteiger partial charge is 0.388 e. The fraction of sp³-hybridized carbons (Fsp3) is 0.312. The van der Waals surface area contributed by atoms with E-state index >= 15 is 0 Å². The van der Waals surface area contributed by atoms with E-state index in [4.69, 9.17) is 5.73 Å². The molecule has 0 saturated carbocycles. The van der Waals surface area contributed by atoms with Crippen molar-refractivity contribution in [2.75, 3.05) is 5.73 Å². The fourth-order valence-corrected chi connectivity index (χ4v) is 2.05. The summed E-state index contributed by atoms with van der Waals surface area (Å²) in [6.07, 6.45) is 1.59. The number of aromatic nitrogens is 1. The van der Waals surface area contributed by atoms with E-state index in [1.54, 1.807) is 6.20 Å². The lowest BCUT2D eigenvalue weighted by Gasteiger charge is -2.13. The van der Waals surface area contributed by atoms with Crippen molar-refractivity contribution in [1.82, 2.24) is 4.98 Å². The number of hydrogen-bond acceptors (Lipinski definition) is 3. The predicted octanol–water partition coefficient (Wildman–Crippen LogP) is 3.06. The molecular formula is C16H20N2O. The first-order chi connectivity index (χ1) is 9.08. The van der Waals surface area contributed by atoms with Gasteiger partial charge in [0.1, 0.15) is 5.82 Å². The molecule has 0 radical (unpaired) electrons. The number of nitrogens with zero attached hydrogens (tertiary/aromatic N) is 1. The molecule has 2 aromatic rings. The molecule has 0 aliphatic heterocycles. The van der Waals surface area contributed by atoms with Gasteiger partial charge in [0, 0.05) is 12.6 Å².